The number of aliphatic hydroxyl groups excluding tert-OH is 1. The second-order valence-electron chi connectivity index (χ2n) is 4.76. The number of likely N-dealkylation sites (N-methyl/N-ethyl adjacent to an activating group) is 1. The molecule has 0 radical (unpaired) electrons. The molecule has 0 bridgehead atoms. The fraction of sp³-hybridized carbons (Fsp3) is 0.538. The molecule has 0 saturated carbocycles. The highest BCUT2D eigenvalue weighted by atomic mass is 32.1. The van der Waals surface area contributed by atoms with Crippen LogP contribution in [0.25, 0.3) is 11.4 Å². The fourth-order valence-electron chi connectivity index (χ4n) is 1.82. The number of aromatic nitrogens is 4. The first-order chi connectivity index (χ1) is 10.2. The normalized spacial score (nSPS) is 10.8. The van der Waals surface area contributed by atoms with Crippen LogP contribution in [0.3, 0.4) is 0 Å². The molecule has 114 valence electrons. The Labute approximate surface area is 127 Å². The first-order valence-electron chi connectivity index (χ1n) is 6.86. The molecule has 2 rings (SSSR count). The number of thiophene rings is 1. The Kier molecular flexibility index (Phi) is 5.82. The second kappa shape index (κ2) is 7.84. The number of carbonyl (C=O) groups excluding carboxylic acids is 1. The van der Waals surface area contributed by atoms with E-state index >= 15 is 0 Å². The van der Waals surface area contributed by atoms with Gasteiger partial charge in [0.25, 0.3) is 0 Å². The van der Waals surface area contributed by atoms with Crippen LogP contribution >= 0.6 is 11.3 Å². The van der Waals surface area contributed by atoms with Gasteiger partial charge in [-0.3, -0.25) is 4.79 Å². The molecular formula is C13H19N5O2S. The highest BCUT2D eigenvalue weighted by Crippen LogP contribution is 2.16. The lowest BCUT2D eigenvalue weighted by atomic mass is 10.2. The topological polar surface area (TPSA) is 84.1 Å². The molecule has 2 heterocycles. The summed E-state index contributed by atoms with van der Waals surface area (Å²) in [6.45, 7) is 0.963. The largest absolute Gasteiger partial charge is 0.396 e. The van der Waals surface area contributed by atoms with Crippen LogP contribution in [0.1, 0.15) is 19.3 Å². The van der Waals surface area contributed by atoms with Crippen LogP contribution in [0.2, 0.25) is 0 Å². The van der Waals surface area contributed by atoms with Crippen molar-refractivity contribution in [2.45, 2.75) is 25.8 Å². The quantitative estimate of drug-likeness (QED) is 0.736. The SMILES string of the molecule is CN(CCCCCO)C(=O)Cn1nnc(-c2ccsc2)n1. The maximum atomic E-state index is 12.0. The van der Waals surface area contributed by atoms with Gasteiger partial charge in [0, 0.05) is 31.1 Å². The molecule has 2 aromatic heterocycles. The minimum Gasteiger partial charge on any atom is -0.396 e. The molecule has 8 heteroatoms. The molecule has 1 N–H and O–H groups in total. The van der Waals surface area contributed by atoms with E-state index in [0.717, 1.165) is 24.8 Å². The van der Waals surface area contributed by atoms with Gasteiger partial charge in [0.05, 0.1) is 0 Å². The highest BCUT2D eigenvalue weighted by Gasteiger charge is 2.12. The van der Waals surface area contributed by atoms with Crippen LogP contribution in [-0.2, 0) is 11.3 Å². The monoisotopic (exact) mass is 309 g/mol. The minimum atomic E-state index is -0.0479. The molecule has 0 aliphatic carbocycles. The lowest BCUT2D eigenvalue weighted by Crippen LogP contribution is -2.31. The average molecular weight is 309 g/mol. The third-order valence-electron chi connectivity index (χ3n) is 3.09. The third-order valence-corrected chi connectivity index (χ3v) is 3.77. The third kappa shape index (κ3) is 4.61. The van der Waals surface area contributed by atoms with Crippen LogP contribution in [0.5, 0.6) is 0 Å². The fourth-order valence-corrected chi connectivity index (χ4v) is 2.46. The van der Waals surface area contributed by atoms with E-state index in [1.54, 1.807) is 23.3 Å². The molecule has 7 nitrogen and oxygen atoms in total. The van der Waals surface area contributed by atoms with Gasteiger partial charge >= 0.3 is 0 Å². The molecule has 0 aliphatic heterocycles. The maximum absolute atomic E-state index is 12.0. The van der Waals surface area contributed by atoms with Crippen molar-refractivity contribution in [2.24, 2.45) is 0 Å². The summed E-state index contributed by atoms with van der Waals surface area (Å²) < 4.78 is 0. The van der Waals surface area contributed by atoms with Gasteiger partial charge in [-0.1, -0.05) is 0 Å². The van der Waals surface area contributed by atoms with Crippen molar-refractivity contribution < 1.29 is 9.90 Å². The molecular weight excluding hydrogens is 290 g/mol. The molecule has 0 aromatic carbocycles. The van der Waals surface area contributed by atoms with E-state index in [0.29, 0.717) is 12.4 Å². The van der Waals surface area contributed by atoms with E-state index in [4.69, 9.17) is 5.11 Å². The molecule has 0 unspecified atom stereocenters. The van der Waals surface area contributed by atoms with Crippen LogP contribution in [0, 0.1) is 0 Å². The highest BCUT2D eigenvalue weighted by molar-refractivity contribution is 7.08. The summed E-state index contributed by atoms with van der Waals surface area (Å²) >= 11 is 1.57. The Hall–Kier alpha value is -1.80. The molecule has 0 atom stereocenters. The number of tetrazole rings is 1. The van der Waals surface area contributed by atoms with Gasteiger partial charge in [-0.2, -0.15) is 16.1 Å². The molecule has 0 spiro atoms. The van der Waals surface area contributed by atoms with Gasteiger partial charge in [-0.05, 0) is 35.9 Å². The number of hydrogen-bond donors (Lipinski definition) is 1. The number of hydrogen-bond acceptors (Lipinski definition) is 6. The number of aliphatic hydroxyl groups is 1. The average Bonchev–Trinajstić information content (AvgIpc) is 3.13. The van der Waals surface area contributed by atoms with Crippen molar-refractivity contribution in [1.29, 1.82) is 0 Å². The van der Waals surface area contributed by atoms with Crippen molar-refractivity contribution in [1.82, 2.24) is 25.1 Å². The molecule has 0 fully saturated rings. The Bertz CT molecular complexity index is 555. The second-order valence-corrected chi connectivity index (χ2v) is 5.54. The van der Waals surface area contributed by atoms with Crippen LogP contribution in [0.15, 0.2) is 16.8 Å². The number of amides is 1. The molecule has 1 amide bonds. The summed E-state index contributed by atoms with van der Waals surface area (Å²) in [5, 5.41) is 24.7. The number of carbonyl (C=O) groups is 1. The van der Waals surface area contributed by atoms with Crippen LogP contribution in [0.4, 0.5) is 0 Å². The van der Waals surface area contributed by atoms with E-state index in [1.807, 2.05) is 16.8 Å². The van der Waals surface area contributed by atoms with Gasteiger partial charge < -0.3 is 10.0 Å². The first-order valence-corrected chi connectivity index (χ1v) is 7.80. The van der Waals surface area contributed by atoms with Crippen molar-refractivity contribution in [2.75, 3.05) is 20.2 Å². The molecule has 0 saturated heterocycles. The summed E-state index contributed by atoms with van der Waals surface area (Å²) in [5.74, 6) is 0.489. The zero-order chi connectivity index (χ0) is 15.1. The number of unbranched alkanes of at least 4 members (excludes halogenated alkanes) is 2. The van der Waals surface area contributed by atoms with E-state index in [2.05, 4.69) is 15.4 Å². The lowest BCUT2D eigenvalue weighted by molar-refractivity contribution is -0.131. The van der Waals surface area contributed by atoms with Gasteiger partial charge in [0.15, 0.2) is 0 Å². The lowest BCUT2D eigenvalue weighted by Gasteiger charge is -2.16. The predicted molar refractivity (Wildman–Crippen MR) is 79.7 cm³/mol. The van der Waals surface area contributed by atoms with Crippen molar-refractivity contribution in [3.8, 4) is 11.4 Å². The summed E-state index contributed by atoms with van der Waals surface area (Å²) in [4.78, 5) is 15.0. The van der Waals surface area contributed by atoms with Crippen LogP contribution in [-0.4, -0.2) is 56.3 Å². The van der Waals surface area contributed by atoms with Crippen molar-refractivity contribution in [3.63, 3.8) is 0 Å². The summed E-state index contributed by atoms with van der Waals surface area (Å²) in [7, 11) is 1.76. The molecule has 21 heavy (non-hydrogen) atoms. The van der Waals surface area contributed by atoms with Crippen molar-refractivity contribution in [3.05, 3.63) is 16.8 Å². The van der Waals surface area contributed by atoms with Gasteiger partial charge in [-0.15, -0.1) is 10.2 Å². The van der Waals surface area contributed by atoms with E-state index in [9.17, 15) is 4.79 Å². The Morgan fingerprint density at radius 1 is 1.43 bits per heavy atom. The molecule has 2 aromatic rings. The van der Waals surface area contributed by atoms with Crippen LogP contribution < -0.4 is 0 Å². The summed E-state index contributed by atoms with van der Waals surface area (Å²) in [5.41, 5.74) is 0.913. The number of nitrogens with zero attached hydrogens (tertiary/aromatic N) is 5. The maximum Gasteiger partial charge on any atom is 0.245 e. The first kappa shape index (κ1) is 15.6. The van der Waals surface area contributed by atoms with Gasteiger partial charge in [0.1, 0.15) is 6.54 Å². The smallest absolute Gasteiger partial charge is 0.245 e. The standard InChI is InChI=1S/C13H19N5O2S/c1-17(6-3-2-4-7-19)12(20)9-18-15-13(14-16-18)11-5-8-21-10-11/h5,8,10,19H,2-4,6-7,9H2,1H3. The Balaban J connectivity index is 1.82. The molecule has 0 aliphatic rings. The zero-order valence-electron chi connectivity index (χ0n) is 12.0. The van der Waals surface area contributed by atoms with E-state index in [1.165, 1.54) is 4.80 Å². The Morgan fingerprint density at radius 2 is 2.29 bits per heavy atom. The minimum absolute atomic E-state index is 0.0479. The predicted octanol–water partition coefficient (Wildman–Crippen LogP) is 1.02. The zero-order valence-corrected chi connectivity index (χ0v) is 12.8. The Morgan fingerprint density at radius 3 is 3.00 bits per heavy atom. The van der Waals surface area contributed by atoms with Crippen molar-refractivity contribution >= 4 is 17.2 Å². The number of rotatable bonds is 8. The van der Waals surface area contributed by atoms with Gasteiger partial charge in [-0.25, -0.2) is 0 Å². The van der Waals surface area contributed by atoms with Gasteiger partial charge in [0.2, 0.25) is 11.7 Å². The van der Waals surface area contributed by atoms with E-state index < -0.39 is 0 Å². The summed E-state index contributed by atoms with van der Waals surface area (Å²) in [6.07, 6.45) is 2.57. The summed E-state index contributed by atoms with van der Waals surface area (Å²) in [6, 6.07) is 1.92. The van der Waals surface area contributed by atoms with E-state index in [-0.39, 0.29) is 19.1 Å².